The number of hydrogen-bond acceptors (Lipinski definition) is 4. The van der Waals surface area contributed by atoms with Crippen molar-refractivity contribution in [1.29, 1.82) is 0 Å². The van der Waals surface area contributed by atoms with Crippen LogP contribution < -0.4 is 0 Å². The maximum absolute atomic E-state index is 12.4. The number of benzene rings is 1. The lowest BCUT2D eigenvalue weighted by Crippen LogP contribution is -2.61. The van der Waals surface area contributed by atoms with Gasteiger partial charge in [-0.05, 0) is 33.3 Å². The highest BCUT2D eigenvalue weighted by Gasteiger charge is 2.37. The van der Waals surface area contributed by atoms with Crippen molar-refractivity contribution in [2.24, 2.45) is 0 Å². The fraction of sp³-hybridized carbons (Fsp3) is 0.611. The monoisotopic (exact) mass is 320 g/mol. The summed E-state index contributed by atoms with van der Waals surface area (Å²) in [5, 5.41) is 9.82. The van der Waals surface area contributed by atoms with E-state index in [0.717, 1.165) is 13.1 Å². The van der Waals surface area contributed by atoms with Crippen molar-refractivity contribution in [3.05, 3.63) is 35.9 Å². The predicted octanol–water partition coefficient (Wildman–Crippen LogP) is 2.49. The Morgan fingerprint density at radius 1 is 1.26 bits per heavy atom. The largest absolute Gasteiger partial charge is 0.444 e. The summed E-state index contributed by atoms with van der Waals surface area (Å²) < 4.78 is 5.48. The number of ether oxygens (including phenoxy) is 1. The Balaban J connectivity index is 2.05. The van der Waals surface area contributed by atoms with Gasteiger partial charge >= 0.3 is 6.09 Å². The third-order valence-corrected chi connectivity index (χ3v) is 4.19. The molecule has 1 saturated heterocycles. The first-order chi connectivity index (χ1) is 10.8. The van der Waals surface area contributed by atoms with Gasteiger partial charge in [0.15, 0.2) is 0 Å². The van der Waals surface area contributed by atoms with E-state index in [1.54, 1.807) is 4.90 Å². The van der Waals surface area contributed by atoms with Gasteiger partial charge < -0.3 is 14.7 Å². The van der Waals surface area contributed by atoms with E-state index < -0.39 is 5.60 Å². The fourth-order valence-corrected chi connectivity index (χ4v) is 2.98. The lowest BCUT2D eigenvalue weighted by molar-refractivity contribution is -0.0292. The molecule has 1 fully saturated rings. The van der Waals surface area contributed by atoms with Gasteiger partial charge in [-0.15, -0.1) is 0 Å². The Labute approximate surface area is 138 Å². The third-order valence-electron chi connectivity index (χ3n) is 4.19. The molecule has 5 nitrogen and oxygen atoms in total. The van der Waals surface area contributed by atoms with Crippen molar-refractivity contribution >= 4 is 6.09 Å². The number of hydrogen-bond donors (Lipinski definition) is 1. The first-order valence-corrected chi connectivity index (χ1v) is 8.20. The van der Waals surface area contributed by atoms with Crippen LogP contribution in [0.5, 0.6) is 0 Å². The summed E-state index contributed by atoms with van der Waals surface area (Å²) in [6, 6.07) is 10.0. The smallest absolute Gasteiger partial charge is 0.410 e. The molecule has 0 spiro atoms. The van der Waals surface area contributed by atoms with Crippen LogP contribution in [0.2, 0.25) is 0 Å². The molecule has 1 aromatic carbocycles. The summed E-state index contributed by atoms with van der Waals surface area (Å²) in [7, 11) is 0. The van der Waals surface area contributed by atoms with Gasteiger partial charge in [-0.3, -0.25) is 4.90 Å². The number of piperazine rings is 1. The number of nitrogens with zero attached hydrogens (tertiary/aromatic N) is 2. The molecule has 0 bridgehead atoms. The van der Waals surface area contributed by atoms with Crippen molar-refractivity contribution in [3.8, 4) is 0 Å². The third kappa shape index (κ3) is 4.69. The van der Waals surface area contributed by atoms with Crippen molar-refractivity contribution in [3.63, 3.8) is 0 Å². The molecule has 1 aliphatic rings. The molecule has 1 aromatic rings. The summed E-state index contributed by atoms with van der Waals surface area (Å²) in [4.78, 5) is 16.3. The molecule has 128 valence electrons. The molecule has 0 saturated carbocycles. The molecule has 0 aliphatic carbocycles. The standard InChI is InChI=1S/C18H28N2O3/c1-14-16(13-21)19(12-15-8-6-5-7-9-15)10-11-20(14)17(22)23-18(2,3)4/h5-9,14,16,21H,10-13H2,1-4H3. The predicted molar refractivity (Wildman–Crippen MR) is 90.1 cm³/mol. The number of carbonyl (C=O) groups excluding carboxylic acids is 1. The number of aliphatic hydroxyl groups is 1. The van der Waals surface area contributed by atoms with Gasteiger partial charge in [0.05, 0.1) is 18.7 Å². The van der Waals surface area contributed by atoms with Crippen LogP contribution in [-0.4, -0.2) is 58.4 Å². The van der Waals surface area contributed by atoms with Crippen molar-refractivity contribution in [1.82, 2.24) is 9.80 Å². The summed E-state index contributed by atoms with van der Waals surface area (Å²) >= 11 is 0. The Morgan fingerprint density at radius 3 is 2.48 bits per heavy atom. The van der Waals surface area contributed by atoms with Crippen molar-refractivity contribution in [2.75, 3.05) is 19.7 Å². The van der Waals surface area contributed by atoms with Crippen LogP contribution in [0.25, 0.3) is 0 Å². The average molecular weight is 320 g/mol. The maximum atomic E-state index is 12.4. The zero-order chi connectivity index (χ0) is 17.0. The lowest BCUT2D eigenvalue weighted by Gasteiger charge is -2.45. The zero-order valence-electron chi connectivity index (χ0n) is 14.5. The summed E-state index contributed by atoms with van der Waals surface area (Å²) in [5.41, 5.74) is 0.705. The van der Waals surface area contributed by atoms with Gasteiger partial charge in [0.2, 0.25) is 0 Å². The van der Waals surface area contributed by atoms with Crippen LogP contribution in [0.1, 0.15) is 33.3 Å². The van der Waals surface area contributed by atoms with Gasteiger partial charge in [0.1, 0.15) is 5.60 Å². The van der Waals surface area contributed by atoms with Crippen LogP contribution in [0.15, 0.2) is 30.3 Å². The highest BCUT2D eigenvalue weighted by Crippen LogP contribution is 2.22. The SMILES string of the molecule is CC1C(CO)N(Cc2ccccc2)CCN1C(=O)OC(C)(C)C. The molecule has 2 unspecified atom stereocenters. The van der Waals surface area contributed by atoms with Crippen molar-refractivity contribution < 1.29 is 14.6 Å². The molecule has 5 heteroatoms. The van der Waals surface area contributed by atoms with Gasteiger partial charge in [-0.25, -0.2) is 4.79 Å². The number of amides is 1. The van der Waals surface area contributed by atoms with Gasteiger partial charge in [0.25, 0.3) is 0 Å². The highest BCUT2D eigenvalue weighted by molar-refractivity contribution is 5.68. The molecule has 2 rings (SSSR count). The molecule has 1 heterocycles. The van der Waals surface area contributed by atoms with E-state index in [-0.39, 0.29) is 24.8 Å². The van der Waals surface area contributed by atoms with Crippen LogP contribution in [-0.2, 0) is 11.3 Å². The van der Waals surface area contributed by atoms with Crippen molar-refractivity contribution in [2.45, 2.75) is 51.9 Å². The Morgan fingerprint density at radius 2 is 1.91 bits per heavy atom. The normalized spacial score (nSPS) is 22.9. The average Bonchev–Trinajstić information content (AvgIpc) is 2.47. The molecular formula is C18H28N2O3. The minimum Gasteiger partial charge on any atom is -0.444 e. The second-order valence-electron chi connectivity index (χ2n) is 7.12. The Bertz CT molecular complexity index is 513. The molecule has 1 aliphatic heterocycles. The number of aliphatic hydroxyl groups excluding tert-OH is 1. The maximum Gasteiger partial charge on any atom is 0.410 e. The van der Waals surface area contributed by atoms with Gasteiger partial charge in [-0.1, -0.05) is 30.3 Å². The quantitative estimate of drug-likeness (QED) is 0.930. The summed E-state index contributed by atoms with van der Waals surface area (Å²) in [6.45, 7) is 9.71. The van der Waals surface area contributed by atoms with Crippen LogP contribution in [0.3, 0.4) is 0 Å². The Hall–Kier alpha value is -1.59. The molecular weight excluding hydrogens is 292 g/mol. The highest BCUT2D eigenvalue weighted by atomic mass is 16.6. The van der Waals surface area contributed by atoms with Crippen LogP contribution in [0, 0.1) is 0 Å². The minimum atomic E-state index is -0.507. The van der Waals surface area contributed by atoms with Gasteiger partial charge in [0, 0.05) is 19.6 Å². The van der Waals surface area contributed by atoms with E-state index in [4.69, 9.17) is 4.74 Å². The second-order valence-corrected chi connectivity index (χ2v) is 7.12. The van der Waals surface area contributed by atoms with E-state index in [2.05, 4.69) is 17.0 Å². The molecule has 1 N–H and O–H groups in total. The zero-order valence-corrected chi connectivity index (χ0v) is 14.5. The fourth-order valence-electron chi connectivity index (χ4n) is 2.98. The number of rotatable bonds is 3. The first kappa shape index (κ1) is 17.8. The first-order valence-electron chi connectivity index (χ1n) is 8.20. The molecule has 0 aromatic heterocycles. The van der Waals surface area contributed by atoms with E-state index in [9.17, 15) is 9.90 Å². The summed E-state index contributed by atoms with van der Waals surface area (Å²) in [5.74, 6) is 0. The topological polar surface area (TPSA) is 53.0 Å². The van der Waals surface area contributed by atoms with E-state index >= 15 is 0 Å². The summed E-state index contributed by atoms with van der Waals surface area (Å²) in [6.07, 6.45) is -0.303. The lowest BCUT2D eigenvalue weighted by atomic mass is 10.0. The second kappa shape index (κ2) is 7.32. The van der Waals surface area contributed by atoms with E-state index in [1.165, 1.54) is 5.56 Å². The van der Waals surface area contributed by atoms with Gasteiger partial charge in [-0.2, -0.15) is 0 Å². The minimum absolute atomic E-state index is 0.0211. The Kier molecular flexibility index (Phi) is 5.65. The van der Waals surface area contributed by atoms with Crippen LogP contribution in [0.4, 0.5) is 4.79 Å². The molecule has 0 radical (unpaired) electrons. The van der Waals surface area contributed by atoms with E-state index in [0.29, 0.717) is 6.54 Å². The molecule has 1 amide bonds. The van der Waals surface area contributed by atoms with E-state index in [1.807, 2.05) is 45.9 Å². The molecule has 23 heavy (non-hydrogen) atoms. The molecule has 2 atom stereocenters. The van der Waals surface area contributed by atoms with Crippen LogP contribution >= 0.6 is 0 Å². The number of carbonyl (C=O) groups is 1.